The van der Waals surface area contributed by atoms with E-state index in [0.717, 1.165) is 30.2 Å². The van der Waals surface area contributed by atoms with Crippen molar-refractivity contribution in [3.8, 4) is 11.5 Å². The maximum absolute atomic E-state index is 10.6. The first-order valence-corrected chi connectivity index (χ1v) is 7.16. The predicted molar refractivity (Wildman–Crippen MR) is 79.9 cm³/mol. The van der Waals surface area contributed by atoms with E-state index in [0.29, 0.717) is 6.61 Å². The molecular formula is C16H17N2O4+. The summed E-state index contributed by atoms with van der Waals surface area (Å²) in [6, 6.07) is 14.3. The average Bonchev–Trinajstić information content (AvgIpc) is 2.55. The van der Waals surface area contributed by atoms with Crippen molar-refractivity contribution in [2.24, 2.45) is 0 Å². The van der Waals surface area contributed by atoms with Gasteiger partial charge >= 0.3 is 0 Å². The summed E-state index contributed by atoms with van der Waals surface area (Å²) >= 11 is 0. The maximum Gasteiger partial charge on any atom is 0.269 e. The molecule has 0 aliphatic carbocycles. The molecule has 0 aromatic heterocycles. The van der Waals surface area contributed by atoms with Crippen LogP contribution < -0.4 is 14.8 Å². The SMILES string of the molecule is O=[N+]([O-])c1ccc(C[NH2+]C[C@@H]2COc3ccccc3O2)cc1. The number of hydrogen-bond donors (Lipinski definition) is 1. The number of nitro benzene ring substituents is 1. The van der Waals surface area contributed by atoms with Gasteiger partial charge in [-0.25, -0.2) is 0 Å². The highest BCUT2D eigenvalue weighted by Crippen LogP contribution is 2.30. The Balaban J connectivity index is 1.49. The molecule has 1 aliphatic heterocycles. The number of hydrogen-bond acceptors (Lipinski definition) is 4. The number of para-hydroxylation sites is 2. The second-order valence-corrected chi connectivity index (χ2v) is 5.15. The van der Waals surface area contributed by atoms with E-state index < -0.39 is 4.92 Å². The van der Waals surface area contributed by atoms with Gasteiger partial charge in [0.2, 0.25) is 0 Å². The normalized spacial score (nSPS) is 16.3. The predicted octanol–water partition coefficient (Wildman–Crippen LogP) is 1.50. The van der Waals surface area contributed by atoms with Crippen molar-refractivity contribution in [2.45, 2.75) is 12.6 Å². The molecule has 0 radical (unpaired) electrons. The van der Waals surface area contributed by atoms with E-state index in [2.05, 4.69) is 5.32 Å². The zero-order chi connectivity index (χ0) is 15.4. The fourth-order valence-electron chi connectivity index (χ4n) is 2.37. The summed E-state index contributed by atoms with van der Waals surface area (Å²) < 4.78 is 11.5. The van der Waals surface area contributed by atoms with Gasteiger partial charge in [0, 0.05) is 17.7 Å². The van der Waals surface area contributed by atoms with Crippen molar-refractivity contribution in [1.82, 2.24) is 0 Å². The summed E-state index contributed by atoms with van der Waals surface area (Å²) in [5, 5.41) is 12.7. The van der Waals surface area contributed by atoms with Crippen LogP contribution >= 0.6 is 0 Å². The van der Waals surface area contributed by atoms with Gasteiger partial charge in [0.1, 0.15) is 19.7 Å². The first kappa shape index (κ1) is 14.3. The third kappa shape index (κ3) is 3.35. The molecule has 2 aromatic rings. The Hall–Kier alpha value is -2.60. The Morgan fingerprint density at radius 3 is 2.59 bits per heavy atom. The van der Waals surface area contributed by atoms with Crippen LogP contribution in [-0.4, -0.2) is 24.2 Å². The van der Waals surface area contributed by atoms with Crippen molar-refractivity contribution in [2.75, 3.05) is 13.2 Å². The van der Waals surface area contributed by atoms with E-state index in [9.17, 15) is 10.1 Å². The van der Waals surface area contributed by atoms with Gasteiger partial charge in [0.05, 0.1) is 4.92 Å². The zero-order valence-corrected chi connectivity index (χ0v) is 12.0. The minimum absolute atomic E-state index is 0.00736. The molecular weight excluding hydrogens is 284 g/mol. The molecule has 6 heteroatoms. The van der Waals surface area contributed by atoms with Crippen molar-refractivity contribution in [3.05, 3.63) is 64.2 Å². The number of benzene rings is 2. The summed E-state index contributed by atoms with van der Waals surface area (Å²) in [5.41, 5.74) is 1.16. The van der Waals surface area contributed by atoms with Gasteiger partial charge in [-0.2, -0.15) is 0 Å². The lowest BCUT2D eigenvalue weighted by Gasteiger charge is -2.25. The van der Waals surface area contributed by atoms with Crippen molar-refractivity contribution in [3.63, 3.8) is 0 Å². The lowest BCUT2D eigenvalue weighted by Crippen LogP contribution is -2.85. The number of non-ortho nitro benzene ring substituents is 1. The second kappa shape index (κ2) is 6.44. The molecule has 2 N–H and O–H groups in total. The van der Waals surface area contributed by atoms with Crippen molar-refractivity contribution >= 4 is 5.69 Å². The maximum atomic E-state index is 10.6. The van der Waals surface area contributed by atoms with Gasteiger partial charge in [0.25, 0.3) is 5.69 Å². The number of fused-ring (bicyclic) bond motifs is 1. The van der Waals surface area contributed by atoms with Crippen LogP contribution in [0.1, 0.15) is 5.56 Å². The Morgan fingerprint density at radius 1 is 1.14 bits per heavy atom. The van der Waals surface area contributed by atoms with Gasteiger partial charge in [-0.3, -0.25) is 10.1 Å². The quantitative estimate of drug-likeness (QED) is 0.670. The molecule has 0 unspecified atom stereocenters. The third-order valence-corrected chi connectivity index (χ3v) is 3.52. The molecule has 0 saturated heterocycles. The Kier molecular flexibility index (Phi) is 4.20. The molecule has 1 heterocycles. The molecule has 0 bridgehead atoms. The zero-order valence-electron chi connectivity index (χ0n) is 12.0. The molecule has 0 saturated carbocycles. The van der Waals surface area contributed by atoms with Gasteiger partial charge in [-0.15, -0.1) is 0 Å². The van der Waals surface area contributed by atoms with Crippen LogP contribution in [0.3, 0.4) is 0 Å². The molecule has 0 fully saturated rings. The van der Waals surface area contributed by atoms with E-state index >= 15 is 0 Å². The molecule has 0 amide bonds. The fraction of sp³-hybridized carbons (Fsp3) is 0.250. The summed E-state index contributed by atoms with van der Waals surface area (Å²) in [4.78, 5) is 10.2. The number of nitrogens with two attached hydrogens (primary N) is 1. The first-order valence-electron chi connectivity index (χ1n) is 7.16. The molecule has 114 valence electrons. The second-order valence-electron chi connectivity index (χ2n) is 5.15. The van der Waals surface area contributed by atoms with Crippen LogP contribution in [0.5, 0.6) is 11.5 Å². The van der Waals surface area contributed by atoms with Crippen LogP contribution in [0.15, 0.2) is 48.5 Å². The molecule has 2 aromatic carbocycles. The standard InChI is InChI=1S/C16H16N2O4/c19-18(20)13-7-5-12(6-8-13)9-17-10-14-11-21-15-3-1-2-4-16(15)22-14/h1-8,14,17H,9-11H2/p+1/t14-/m1/s1. The third-order valence-electron chi connectivity index (χ3n) is 3.52. The average molecular weight is 301 g/mol. The van der Waals surface area contributed by atoms with Gasteiger partial charge in [-0.05, 0) is 24.3 Å². The number of ether oxygens (including phenoxy) is 2. The van der Waals surface area contributed by atoms with E-state index in [4.69, 9.17) is 9.47 Å². The van der Waals surface area contributed by atoms with Gasteiger partial charge in [0.15, 0.2) is 17.6 Å². The van der Waals surface area contributed by atoms with E-state index in [1.807, 2.05) is 24.3 Å². The minimum Gasteiger partial charge on any atom is -0.486 e. The number of quaternary nitrogens is 1. The highest BCUT2D eigenvalue weighted by atomic mass is 16.6. The van der Waals surface area contributed by atoms with Crippen molar-refractivity contribution < 1.29 is 19.7 Å². The number of rotatable bonds is 5. The lowest BCUT2D eigenvalue weighted by atomic mass is 10.2. The van der Waals surface area contributed by atoms with E-state index in [1.54, 1.807) is 12.1 Å². The molecule has 3 rings (SSSR count). The fourth-order valence-corrected chi connectivity index (χ4v) is 2.37. The highest BCUT2D eigenvalue weighted by molar-refractivity contribution is 5.40. The molecule has 6 nitrogen and oxygen atoms in total. The van der Waals surface area contributed by atoms with Crippen LogP contribution in [0.25, 0.3) is 0 Å². The summed E-state index contributed by atoms with van der Waals surface area (Å²) in [7, 11) is 0. The van der Waals surface area contributed by atoms with Crippen LogP contribution in [0.2, 0.25) is 0 Å². The number of nitrogens with zero attached hydrogens (tertiary/aromatic N) is 1. The summed E-state index contributed by atoms with van der Waals surface area (Å²) in [6.07, 6.45) is 0.00736. The topological polar surface area (TPSA) is 78.2 Å². The largest absolute Gasteiger partial charge is 0.486 e. The smallest absolute Gasteiger partial charge is 0.269 e. The van der Waals surface area contributed by atoms with Gasteiger partial charge < -0.3 is 14.8 Å². The monoisotopic (exact) mass is 301 g/mol. The van der Waals surface area contributed by atoms with E-state index in [1.165, 1.54) is 12.1 Å². The minimum atomic E-state index is -0.391. The molecule has 1 aliphatic rings. The Morgan fingerprint density at radius 2 is 1.86 bits per heavy atom. The molecule has 0 spiro atoms. The number of nitro groups is 1. The molecule has 22 heavy (non-hydrogen) atoms. The van der Waals surface area contributed by atoms with E-state index in [-0.39, 0.29) is 11.8 Å². The summed E-state index contributed by atoms with van der Waals surface area (Å²) in [5.74, 6) is 1.57. The highest BCUT2D eigenvalue weighted by Gasteiger charge is 2.21. The van der Waals surface area contributed by atoms with Crippen LogP contribution in [0, 0.1) is 10.1 Å². The van der Waals surface area contributed by atoms with Crippen LogP contribution in [-0.2, 0) is 6.54 Å². The first-order chi connectivity index (χ1) is 10.7. The summed E-state index contributed by atoms with van der Waals surface area (Å²) in [6.45, 7) is 2.05. The Labute approximate surface area is 127 Å². The van der Waals surface area contributed by atoms with Crippen molar-refractivity contribution in [1.29, 1.82) is 0 Å². The lowest BCUT2D eigenvalue weighted by molar-refractivity contribution is -0.676. The Bertz CT molecular complexity index is 657. The van der Waals surface area contributed by atoms with Crippen LogP contribution in [0.4, 0.5) is 5.69 Å². The van der Waals surface area contributed by atoms with Gasteiger partial charge in [-0.1, -0.05) is 12.1 Å². The molecule has 1 atom stereocenters.